The molecule has 3 N–H and O–H groups in total. The van der Waals surface area contributed by atoms with E-state index in [4.69, 9.17) is 4.74 Å². The van der Waals surface area contributed by atoms with Gasteiger partial charge in [0.25, 0.3) is 0 Å². The summed E-state index contributed by atoms with van der Waals surface area (Å²) in [6, 6.07) is 0. The van der Waals surface area contributed by atoms with Gasteiger partial charge in [-0.25, -0.2) is 0 Å². The molecule has 0 aliphatic carbocycles. The smallest absolute Gasteiger partial charge is 0.0697 e. The van der Waals surface area contributed by atoms with Crippen molar-refractivity contribution in [3.05, 3.63) is 0 Å². The highest BCUT2D eigenvalue weighted by atomic mass is 16.5. The Hall–Kier alpha value is -0.160. The van der Waals surface area contributed by atoms with Gasteiger partial charge in [-0.1, -0.05) is 174 Å². The maximum Gasteiger partial charge on any atom is 0.0697 e. The molecule has 236 valence electrons. The third-order valence-electron chi connectivity index (χ3n) is 8.76. The summed E-state index contributed by atoms with van der Waals surface area (Å²) >= 11 is 0. The van der Waals surface area contributed by atoms with E-state index < -0.39 is 5.41 Å². The van der Waals surface area contributed by atoms with Crippen LogP contribution in [0.4, 0.5) is 0 Å². The average molecular weight is 557 g/mol. The molecule has 0 heterocycles. The van der Waals surface area contributed by atoms with E-state index in [1.807, 2.05) is 0 Å². The van der Waals surface area contributed by atoms with Crippen LogP contribution in [-0.2, 0) is 4.74 Å². The predicted molar refractivity (Wildman–Crippen MR) is 169 cm³/mol. The third-order valence-corrected chi connectivity index (χ3v) is 8.76. The van der Waals surface area contributed by atoms with Gasteiger partial charge in [-0.3, -0.25) is 0 Å². The van der Waals surface area contributed by atoms with E-state index in [-0.39, 0.29) is 25.9 Å². The second-order valence-electron chi connectivity index (χ2n) is 12.5. The molecule has 0 aromatic heterocycles. The highest BCUT2D eigenvalue weighted by Crippen LogP contribution is 2.28. The zero-order valence-electron chi connectivity index (χ0n) is 26.7. The Bertz CT molecular complexity index is 444. The molecule has 0 fully saturated rings. The van der Waals surface area contributed by atoms with Crippen LogP contribution in [-0.4, -0.2) is 47.9 Å². The molecule has 4 nitrogen and oxygen atoms in total. The van der Waals surface area contributed by atoms with Gasteiger partial charge in [0.15, 0.2) is 0 Å². The molecule has 0 spiro atoms. The van der Waals surface area contributed by atoms with Gasteiger partial charge in [0.05, 0.1) is 31.3 Å². The first-order valence-electron chi connectivity index (χ1n) is 17.6. The topological polar surface area (TPSA) is 69.9 Å². The molecular weight excluding hydrogens is 484 g/mol. The lowest BCUT2D eigenvalue weighted by Gasteiger charge is -2.36. The summed E-state index contributed by atoms with van der Waals surface area (Å²) in [6.45, 7) is 4.50. The van der Waals surface area contributed by atoms with Crippen LogP contribution in [0.3, 0.4) is 0 Å². The fraction of sp³-hybridized carbons (Fsp3) is 1.00. The van der Waals surface area contributed by atoms with Crippen LogP contribution in [0.1, 0.15) is 187 Å². The molecule has 0 amide bonds. The van der Waals surface area contributed by atoms with Crippen LogP contribution in [0.25, 0.3) is 0 Å². The largest absolute Gasteiger partial charge is 0.396 e. The summed E-state index contributed by atoms with van der Waals surface area (Å²) in [5.41, 5.74) is -0.937. The van der Waals surface area contributed by atoms with Gasteiger partial charge < -0.3 is 20.1 Å². The number of unbranched alkanes of at least 4 members (excludes halogenated alkanes) is 24. The fourth-order valence-corrected chi connectivity index (χ4v) is 5.71. The lowest BCUT2D eigenvalue weighted by molar-refractivity contribution is -0.117. The summed E-state index contributed by atoms with van der Waals surface area (Å²) < 4.78 is 6.21. The van der Waals surface area contributed by atoms with Crippen molar-refractivity contribution in [3.63, 3.8) is 0 Å². The van der Waals surface area contributed by atoms with E-state index >= 15 is 0 Å². The highest BCUT2D eigenvalue weighted by molar-refractivity contribution is 4.86. The number of hydrogen-bond acceptors (Lipinski definition) is 4. The van der Waals surface area contributed by atoms with Crippen LogP contribution < -0.4 is 0 Å². The summed E-state index contributed by atoms with van der Waals surface area (Å²) in [5.74, 6) is 0. The van der Waals surface area contributed by atoms with Gasteiger partial charge in [0, 0.05) is 6.61 Å². The van der Waals surface area contributed by atoms with Crippen LogP contribution in [0, 0.1) is 5.41 Å². The first kappa shape index (κ1) is 38.8. The molecule has 0 aliphatic rings. The molecule has 0 saturated heterocycles. The Morgan fingerprint density at radius 1 is 0.410 bits per heavy atom. The summed E-state index contributed by atoms with van der Waals surface area (Å²) in [6.07, 6.45) is 34.9. The standard InChI is InChI=1S/C35H72O4/c1-3-5-7-9-11-13-15-17-19-21-23-25-27-29-34(35(31-36,32-37)33-38)39-30-28-26-24-22-20-18-16-14-12-10-8-6-4-2/h34,36-38H,3-33H2,1-2H3. The minimum atomic E-state index is -0.937. The summed E-state index contributed by atoms with van der Waals surface area (Å²) in [4.78, 5) is 0. The van der Waals surface area contributed by atoms with Crippen LogP contribution in [0.5, 0.6) is 0 Å². The number of aliphatic hydroxyl groups is 3. The van der Waals surface area contributed by atoms with Crippen LogP contribution in [0.2, 0.25) is 0 Å². The van der Waals surface area contributed by atoms with E-state index in [1.165, 1.54) is 148 Å². The predicted octanol–water partition coefficient (Wildman–Crippen LogP) is 9.91. The number of hydrogen-bond donors (Lipinski definition) is 3. The van der Waals surface area contributed by atoms with Crippen molar-refractivity contribution in [1.29, 1.82) is 0 Å². The average Bonchev–Trinajstić information content (AvgIpc) is 2.96. The van der Waals surface area contributed by atoms with Gasteiger partial charge >= 0.3 is 0 Å². The van der Waals surface area contributed by atoms with E-state index in [0.29, 0.717) is 6.61 Å². The molecule has 0 aliphatic heterocycles. The number of ether oxygens (including phenoxy) is 1. The molecule has 0 bridgehead atoms. The quantitative estimate of drug-likeness (QED) is 0.0703. The van der Waals surface area contributed by atoms with Crippen molar-refractivity contribution in [3.8, 4) is 0 Å². The van der Waals surface area contributed by atoms with Crippen molar-refractivity contribution in [2.75, 3.05) is 26.4 Å². The minimum absolute atomic E-state index is 0.234. The van der Waals surface area contributed by atoms with Crippen LogP contribution in [0.15, 0.2) is 0 Å². The SMILES string of the molecule is CCCCCCCCCCCCCCCOC(CCCCCCCCCCCCCCC)C(CO)(CO)CO. The van der Waals surface area contributed by atoms with E-state index in [2.05, 4.69) is 13.8 Å². The van der Waals surface area contributed by atoms with Gasteiger partial charge in [-0.15, -0.1) is 0 Å². The third kappa shape index (κ3) is 23.1. The molecule has 1 atom stereocenters. The van der Waals surface area contributed by atoms with Gasteiger partial charge in [0.1, 0.15) is 0 Å². The molecule has 0 aromatic rings. The van der Waals surface area contributed by atoms with Crippen molar-refractivity contribution in [1.82, 2.24) is 0 Å². The Labute approximate surface area is 245 Å². The van der Waals surface area contributed by atoms with E-state index in [0.717, 1.165) is 25.7 Å². The Balaban J connectivity index is 3.90. The normalized spacial score (nSPS) is 12.8. The molecule has 39 heavy (non-hydrogen) atoms. The van der Waals surface area contributed by atoms with Crippen molar-refractivity contribution >= 4 is 0 Å². The monoisotopic (exact) mass is 557 g/mol. The second kappa shape index (κ2) is 30.8. The maximum absolute atomic E-state index is 9.97. The zero-order valence-corrected chi connectivity index (χ0v) is 26.7. The van der Waals surface area contributed by atoms with Crippen molar-refractivity contribution < 1.29 is 20.1 Å². The molecule has 1 unspecified atom stereocenters. The first-order valence-corrected chi connectivity index (χ1v) is 17.6. The van der Waals surface area contributed by atoms with Crippen molar-refractivity contribution in [2.45, 2.75) is 193 Å². The Kier molecular flexibility index (Phi) is 30.7. The van der Waals surface area contributed by atoms with E-state index in [1.54, 1.807) is 0 Å². The lowest BCUT2D eigenvalue weighted by atomic mass is 9.81. The fourth-order valence-electron chi connectivity index (χ4n) is 5.71. The Morgan fingerprint density at radius 3 is 1.00 bits per heavy atom. The van der Waals surface area contributed by atoms with Gasteiger partial charge in [0.2, 0.25) is 0 Å². The highest BCUT2D eigenvalue weighted by Gasteiger charge is 2.38. The number of rotatable bonds is 33. The molecular formula is C35H72O4. The minimum Gasteiger partial charge on any atom is -0.396 e. The maximum atomic E-state index is 9.97. The lowest BCUT2D eigenvalue weighted by Crippen LogP contribution is -2.46. The second-order valence-corrected chi connectivity index (χ2v) is 12.5. The summed E-state index contributed by atoms with van der Waals surface area (Å²) in [5, 5.41) is 29.9. The van der Waals surface area contributed by atoms with Crippen LogP contribution >= 0.6 is 0 Å². The number of aliphatic hydroxyl groups excluding tert-OH is 3. The zero-order chi connectivity index (χ0) is 28.7. The van der Waals surface area contributed by atoms with Gasteiger partial charge in [-0.2, -0.15) is 0 Å². The molecule has 4 heteroatoms. The Morgan fingerprint density at radius 2 is 0.692 bits per heavy atom. The first-order chi connectivity index (χ1) is 19.2. The summed E-state index contributed by atoms with van der Waals surface area (Å²) in [7, 11) is 0. The van der Waals surface area contributed by atoms with Gasteiger partial charge in [-0.05, 0) is 12.8 Å². The van der Waals surface area contributed by atoms with Crippen molar-refractivity contribution in [2.24, 2.45) is 5.41 Å². The molecule has 0 aromatic carbocycles. The molecule has 0 radical (unpaired) electrons. The molecule has 0 rings (SSSR count). The van der Waals surface area contributed by atoms with E-state index in [9.17, 15) is 15.3 Å². The molecule has 0 saturated carbocycles.